The summed E-state index contributed by atoms with van der Waals surface area (Å²) in [6.45, 7) is 0. The van der Waals surface area contributed by atoms with Crippen molar-refractivity contribution in [3.05, 3.63) is 251 Å². The lowest BCUT2D eigenvalue weighted by Gasteiger charge is -2.34. The number of allylic oxidation sites excluding steroid dienone is 4. The van der Waals surface area contributed by atoms with E-state index in [1.807, 2.05) is 0 Å². The first-order chi connectivity index (χ1) is 30.8. The number of para-hydroxylation sites is 2. The van der Waals surface area contributed by atoms with Crippen LogP contribution in [0.2, 0.25) is 0 Å². The van der Waals surface area contributed by atoms with E-state index in [1.165, 1.54) is 112 Å². The monoisotopic (exact) mass is 794 g/mol. The zero-order valence-corrected chi connectivity index (χ0v) is 34.9. The Hall–Kier alpha value is -7.26. The summed E-state index contributed by atoms with van der Waals surface area (Å²) >= 11 is 0. The molecule has 0 bridgehead atoms. The zero-order chi connectivity index (χ0) is 41.4. The molecule has 1 aromatic heterocycles. The molecule has 0 aliphatic heterocycles. The molecule has 1 unspecified atom stereocenters. The van der Waals surface area contributed by atoms with Gasteiger partial charge in [-0.1, -0.05) is 176 Å². The Morgan fingerprint density at radius 3 is 1.94 bits per heavy atom. The molecule has 13 rings (SSSR count). The molecular weight excluding hydrogens is 749 g/mol. The number of hydrogen-bond donors (Lipinski definition) is 1. The second kappa shape index (κ2) is 14.4. The average Bonchev–Trinajstić information content (AvgIpc) is 3.96. The smallest absolute Gasteiger partial charge is 0.0689 e. The minimum Gasteiger partial charge on any atom is -0.333 e. The molecule has 296 valence electrons. The Kier molecular flexibility index (Phi) is 8.52. The van der Waals surface area contributed by atoms with Crippen LogP contribution in [0.5, 0.6) is 0 Å². The van der Waals surface area contributed by atoms with Crippen LogP contribution in [-0.2, 0) is 11.8 Å². The van der Waals surface area contributed by atoms with E-state index in [1.54, 1.807) is 5.57 Å². The third-order valence-corrected chi connectivity index (χ3v) is 14.1. The topological polar surface area (TPSA) is 30.9 Å². The highest BCUT2D eigenvalue weighted by Gasteiger charge is 2.51. The van der Waals surface area contributed by atoms with Crippen LogP contribution in [0.1, 0.15) is 57.7 Å². The predicted octanol–water partition coefficient (Wildman–Crippen LogP) is 14.5. The third-order valence-electron chi connectivity index (χ3n) is 14.1. The van der Waals surface area contributed by atoms with Gasteiger partial charge < -0.3 is 10.3 Å². The minimum absolute atomic E-state index is 0.198. The van der Waals surface area contributed by atoms with Gasteiger partial charge in [-0.25, -0.2) is 0 Å². The second-order valence-corrected chi connectivity index (χ2v) is 17.0. The molecule has 0 fully saturated rings. The number of benzene rings is 9. The van der Waals surface area contributed by atoms with Crippen LogP contribution in [0.25, 0.3) is 65.7 Å². The fraction of sp³-hybridized carbons (Fsp3) is 0.100. The number of nitrogens with zero attached hydrogens (tertiary/aromatic N) is 1. The van der Waals surface area contributed by atoms with E-state index in [-0.39, 0.29) is 11.3 Å². The Morgan fingerprint density at radius 2 is 1.19 bits per heavy atom. The Morgan fingerprint density at radius 1 is 0.532 bits per heavy atom. The summed E-state index contributed by atoms with van der Waals surface area (Å²) in [5, 5.41) is 8.11. The molecular formula is C60H46N2. The van der Waals surface area contributed by atoms with Crippen LogP contribution in [0.4, 0.5) is 0 Å². The van der Waals surface area contributed by atoms with E-state index >= 15 is 0 Å². The lowest BCUT2D eigenvalue weighted by atomic mass is 9.67. The normalized spacial score (nSPS) is 14.8. The van der Waals surface area contributed by atoms with Gasteiger partial charge in [0.15, 0.2) is 0 Å². The number of aromatic nitrogens is 1. The average molecular weight is 795 g/mol. The summed E-state index contributed by atoms with van der Waals surface area (Å²) in [4.78, 5) is 0. The van der Waals surface area contributed by atoms with Crippen molar-refractivity contribution in [1.82, 2.24) is 4.57 Å². The molecule has 3 aliphatic rings. The van der Waals surface area contributed by atoms with Gasteiger partial charge in [0.05, 0.1) is 16.4 Å². The lowest BCUT2D eigenvalue weighted by Crippen LogP contribution is -2.28. The van der Waals surface area contributed by atoms with Crippen molar-refractivity contribution >= 4 is 48.9 Å². The number of fused-ring (bicyclic) bond motifs is 9. The van der Waals surface area contributed by atoms with Crippen LogP contribution < -0.4 is 5.73 Å². The van der Waals surface area contributed by atoms with Crippen molar-refractivity contribution in [2.24, 2.45) is 5.73 Å². The molecule has 2 heteroatoms. The highest BCUT2D eigenvalue weighted by molar-refractivity contribution is 6.17. The van der Waals surface area contributed by atoms with Crippen LogP contribution in [0.15, 0.2) is 212 Å². The first kappa shape index (κ1) is 36.6. The van der Waals surface area contributed by atoms with E-state index in [4.69, 9.17) is 0 Å². The fourth-order valence-corrected chi connectivity index (χ4v) is 11.5. The van der Waals surface area contributed by atoms with Crippen LogP contribution in [0, 0.1) is 0 Å². The zero-order valence-electron chi connectivity index (χ0n) is 34.9. The summed E-state index contributed by atoms with van der Waals surface area (Å²) < 4.78 is 2.43. The van der Waals surface area contributed by atoms with E-state index in [9.17, 15) is 0 Å². The van der Waals surface area contributed by atoms with E-state index < -0.39 is 0 Å². The van der Waals surface area contributed by atoms with Gasteiger partial charge in [-0.3, -0.25) is 0 Å². The molecule has 0 radical (unpaired) electrons. The maximum absolute atomic E-state index is 4.50. The second-order valence-electron chi connectivity index (χ2n) is 17.0. The maximum Gasteiger partial charge on any atom is 0.0689 e. The summed E-state index contributed by atoms with van der Waals surface area (Å²) in [5.41, 5.74) is 23.1. The Balaban J connectivity index is 0.00000202. The molecule has 2 nitrogen and oxygen atoms in total. The van der Waals surface area contributed by atoms with E-state index in [0.717, 1.165) is 19.3 Å². The van der Waals surface area contributed by atoms with Crippen molar-refractivity contribution in [2.75, 3.05) is 7.05 Å². The van der Waals surface area contributed by atoms with Crippen LogP contribution in [0.3, 0.4) is 0 Å². The van der Waals surface area contributed by atoms with Crippen molar-refractivity contribution in [2.45, 2.75) is 30.6 Å². The molecule has 2 N–H and O–H groups in total. The standard InChI is InChI=1S/C59H41N.CH5N/c1-3-13-40(14-4-1)50(44-32-34-49-48-20-8-10-24-55(48)60(56(49)37-44)45-17-5-2-6-18-45)35-38-25-27-39(28-26-38)43-31-33-47-46-19-7-9-21-51(46)59(54(47)36-43)52-22-11-15-41-29-30-42-16-12-23-53(59)58(42)57(41)52;1-2/h1-8,10-20,22-34,36-37,50H,9,21,35H2;2H2,1H3. The molecule has 0 saturated heterocycles. The maximum atomic E-state index is 4.50. The van der Waals surface area contributed by atoms with Gasteiger partial charge in [0.25, 0.3) is 0 Å². The third kappa shape index (κ3) is 5.27. The first-order valence-corrected chi connectivity index (χ1v) is 22.1. The highest BCUT2D eigenvalue weighted by Crippen LogP contribution is 2.63. The van der Waals surface area contributed by atoms with Gasteiger partial charge in [-0.05, 0) is 139 Å². The van der Waals surface area contributed by atoms with E-state index in [2.05, 4.69) is 217 Å². The van der Waals surface area contributed by atoms with Gasteiger partial charge in [0.2, 0.25) is 0 Å². The van der Waals surface area contributed by atoms with Gasteiger partial charge in [0.1, 0.15) is 0 Å². The summed E-state index contributed by atoms with van der Waals surface area (Å²) in [6.07, 6.45) is 7.85. The highest BCUT2D eigenvalue weighted by atomic mass is 15.0. The Labute approximate surface area is 362 Å². The molecule has 62 heavy (non-hydrogen) atoms. The molecule has 1 atom stereocenters. The quantitative estimate of drug-likeness (QED) is 0.167. The summed E-state index contributed by atoms with van der Waals surface area (Å²) in [6, 6.07) is 73.2. The lowest BCUT2D eigenvalue weighted by molar-refractivity contribution is 0.716. The van der Waals surface area contributed by atoms with Crippen molar-refractivity contribution in [3.8, 4) is 16.8 Å². The summed E-state index contributed by atoms with van der Waals surface area (Å²) in [7, 11) is 1.50. The number of hydrogen-bond acceptors (Lipinski definition) is 1. The predicted molar refractivity (Wildman–Crippen MR) is 261 cm³/mol. The molecule has 9 aromatic carbocycles. The van der Waals surface area contributed by atoms with Crippen molar-refractivity contribution in [3.63, 3.8) is 0 Å². The van der Waals surface area contributed by atoms with Gasteiger partial charge >= 0.3 is 0 Å². The summed E-state index contributed by atoms with van der Waals surface area (Å²) in [5.74, 6) is 0.198. The largest absolute Gasteiger partial charge is 0.333 e. The van der Waals surface area contributed by atoms with Crippen LogP contribution in [-0.4, -0.2) is 11.6 Å². The van der Waals surface area contributed by atoms with E-state index in [0.29, 0.717) is 0 Å². The number of nitrogens with two attached hydrogens (primary N) is 1. The molecule has 1 spiro atoms. The minimum atomic E-state index is -0.274. The molecule has 10 aromatic rings. The molecule has 0 saturated carbocycles. The molecule has 0 amide bonds. The molecule has 1 heterocycles. The number of rotatable bonds is 6. The SMILES string of the molecule is C1=CC2=C(CC1)C1(c3cc(-c4ccc(CC(c5ccccc5)c5ccc6c7ccccc7n(-c7ccccc7)c6c5)cc4)ccc32)c2cccc3ccc4cccc1c4c23.CN. The molecule has 3 aliphatic carbocycles. The van der Waals surface area contributed by atoms with Crippen LogP contribution >= 0.6 is 0 Å². The van der Waals surface area contributed by atoms with Gasteiger partial charge in [-0.2, -0.15) is 0 Å². The van der Waals surface area contributed by atoms with Crippen molar-refractivity contribution < 1.29 is 0 Å². The van der Waals surface area contributed by atoms with Gasteiger partial charge in [0, 0.05) is 22.4 Å². The van der Waals surface area contributed by atoms with Gasteiger partial charge in [-0.15, -0.1) is 0 Å². The fourth-order valence-electron chi connectivity index (χ4n) is 11.5. The first-order valence-electron chi connectivity index (χ1n) is 22.1. The van der Waals surface area contributed by atoms with Crippen molar-refractivity contribution in [1.29, 1.82) is 0 Å². The Bertz CT molecular complexity index is 3380.